The summed E-state index contributed by atoms with van der Waals surface area (Å²) in [7, 11) is 0. The molecule has 0 aliphatic heterocycles. The molecule has 1 aromatic carbocycles. The second kappa shape index (κ2) is 7.40. The van der Waals surface area contributed by atoms with Crippen LogP contribution in [0.15, 0.2) is 35.2 Å². The Hall–Kier alpha value is -0.940. The third kappa shape index (κ3) is 4.09. The molecule has 0 amide bonds. The molecule has 3 nitrogen and oxygen atoms in total. The fraction of sp³-hybridized carbons (Fsp3) is 0.250. The number of aliphatic hydroxyl groups is 1. The first kappa shape index (κ1) is 14.1. The Balaban J connectivity index is 0.00000144. The zero-order valence-corrected chi connectivity index (χ0v) is 10.9. The van der Waals surface area contributed by atoms with Crippen molar-refractivity contribution in [3.63, 3.8) is 0 Å². The van der Waals surface area contributed by atoms with Gasteiger partial charge in [0, 0.05) is 18.5 Å². The highest BCUT2D eigenvalue weighted by Gasteiger charge is 2.00. The largest absolute Gasteiger partial charge is 0.392 e. The molecule has 0 fully saturated rings. The van der Waals surface area contributed by atoms with Crippen LogP contribution in [0.2, 0.25) is 0 Å². The minimum atomic E-state index is 0. The number of hydrogen-bond acceptors (Lipinski definition) is 4. The number of nitrogens with one attached hydrogen (secondary N) is 1. The summed E-state index contributed by atoms with van der Waals surface area (Å²) in [5.74, 6) is 0. The van der Waals surface area contributed by atoms with Gasteiger partial charge in [0.05, 0.1) is 17.8 Å². The second-order valence-electron chi connectivity index (χ2n) is 3.51. The minimum Gasteiger partial charge on any atom is -0.392 e. The van der Waals surface area contributed by atoms with E-state index >= 15 is 0 Å². The molecule has 92 valence electrons. The molecule has 0 spiro atoms. The van der Waals surface area contributed by atoms with Crippen molar-refractivity contribution in [1.82, 2.24) is 10.3 Å². The lowest BCUT2D eigenvalue weighted by atomic mass is 10.1. The Morgan fingerprint density at radius 3 is 2.59 bits per heavy atom. The van der Waals surface area contributed by atoms with Gasteiger partial charge in [0.25, 0.3) is 0 Å². The van der Waals surface area contributed by atoms with Crippen LogP contribution in [0.25, 0.3) is 0 Å². The van der Waals surface area contributed by atoms with E-state index in [9.17, 15) is 0 Å². The lowest BCUT2D eigenvalue weighted by Crippen LogP contribution is -2.14. The lowest BCUT2D eigenvalue weighted by Gasteiger charge is -2.07. The van der Waals surface area contributed by atoms with Crippen LogP contribution in [0.4, 0.5) is 0 Å². The number of nitrogens with zero attached hydrogens (tertiary/aromatic N) is 1. The van der Waals surface area contributed by atoms with Crippen molar-refractivity contribution >= 4 is 23.7 Å². The van der Waals surface area contributed by atoms with Crippen LogP contribution in [-0.4, -0.2) is 10.1 Å². The normalized spacial score (nSPS) is 9.94. The van der Waals surface area contributed by atoms with Crippen molar-refractivity contribution in [2.75, 3.05) is 0 Å². The molecule has 2 N–H and O–H groups in total. The molecule has 0 unspecified atom stereocenters. The number of benzene rings is 1. The fourth-order valence-electron chi connectivity index (χ4n) is 1.53. The molecule has 0 bridgehead atoms. The quantitative estimate of drug-likeness (QED) is 0.877. The van der Waals surface area contributed by atoms with E-state index in [-0.39, 0.29) is 19.0 Å². The van der Waals surface area contributed by atoms with Gasteiger partial charge in [-0.3, -0.25) is 0 Å². The number of hydrogen-bond donors (Lipinski definition) is 2. The second-order valence-corrected chi connectivity index (χ2v) is 4.23. The third-order valence-electron chi connectivity index (χ3n) is 2.39. The lowest BCUT2D eigenvalue weighted by molar-refractivity contribution is 0.280. The van der Waals surface area contributed by atoms with Gasteiger partial charge in [0.2, 0.25) is 0 Å². The Morgan fingerprint density at radius 2 is 1.94 bits per heavy atom. The van der Waals surface area contributed by atoms with Gasteiger partial charge in [-0.2, -0.15) is 0 Å². The molecular formula is C12H15ClN2OS. The topological polar surface area (TPSA) is 45.1 Å². The van der Waals surface area contributed by atoms with Crippen LogP contribution in [0.1, 0.15) is 16.8 Å². The Kier molecular flexibility index (Phi) is 6.15. The van der Waals surface area contributed by atoms with E-state index in [1.165, 1.54) is 0 Å². The minimum absolute atomic E-state index is 0. The monoisotopic (exact) mass is 270 g/mol. The molecule has 0 saturated heterocycles. The number of rotatable bonds is 5. The average molecular weight is 271 g/mol. The maximum absolute atomic E-state index is 9.16. The highest BCUT2D eigenvalue weighted by Crippen LogP contribution is 2.08. The van der Waals surface area contributed by atoms with Crippen LogP contribution in [-0.2, 0) is 19.7 Å². The number of thiazole rings is 1. The molecule has 17 heavy (non-hydrogen) atoms. The summed E-state index contributed by atoms with van der Waals surface area (Å²) in [4.78, 5) is 4.20. The predicted octanol–water partition coefficient (Wildman–Crippen LogP) is 2.35. The maximum atomic E-state index is 9.16. The summed E-state index contributed by atoms with van der Waals surface area (Å²) >= 11 is 1.60. The third-order valence-corrected chi connectivity index (χ3v) is 3.03. The maximum Gasteiger partial charge on any atom is 0.0795 e. The van der Waals surface area contributed by atoms with Crippen LogP contribution in [0, 0.1) is 0 Å². The molecule has 1 heterocycles. The number of aliphatic hydroxyl groups excluding tert-OH is 1. The van der Waals surface area contributed by atoms with Gasteiger partial charge in [-0.05, 0) is 11.1 Å². The zero-order chi connectivity index (χ0) is 11.2. The Morgan fingerprint density at radius 1 is 1.18 bits per heavy atom. The molecule has 0 saturated carbocycles. The predicted molar refractivity (Wildman–Crippen MR) is 72.3 cm³/mol. The van der Waals surface area contributed by atoms with E-state index in [0.29, 0.717) is 0 Å². The molecule has 2 aromatic rings. The number of aromatic nitrogens is 1. The summed E-state index contributed by atoms with van der Waals surface area (Å²) in [5.41, 5.74) is 5.01. The summed E-state index contributed by atoms with van der Waals surface area (Å²) < 4.78 is 0. The van der Waals surface area contributed by atoms with Gasteiger partial charge < -0.3 is 10.4 Å². The number of halogens is 1. The van der Waals surface area contributed by atoms with Crippen molar-refractivity contribution in [3.8, 4) is 0 Å². The molecule has 0 radical (unpaired) electrons. The fourth-order valence-corrected chi connectivity index (χ4v) is 2.09. The van der Waals surface area contributed by atoms with E-state index in [1.807, 2.05) is 35.2 Å². The summed E-state index contributed by atoms with van der Waals surface area (Å²) in [5, 5.41) is 14.5. The summed E-state index contributed by atoms with van der Waals surface area (Å²) in [6.07, 6.45) is 0. The first-order valence-electron chi connectivity index (χ1n) is 5.15. The van der Waals surface area contributed by atoms with Gasteiger partial charge in [0.15, 0.2) is 0 Å². The smallest absolute Gasteiger partial charge is 0.0795 e. The first-order valence-corrected chi connectivity index (χ1v) is 6.10. The highest BCUT2D eigenvalue weighted by atomic mass is 35.5. The van der Waals surface area contributed by atoms with Gasteiger partial charge in [0.1, 0.15) is 0 Å². The van der Waals surface area contributed by atoms with Crippen molar-refractivity contribution in [1.29, 1.82) is 0 Å². The van der Waals surface area contributed by atoms with Gasteiger partial charge in [-0.25, -0.2) is 4.98 Å². The summed E-state index contributed by atoms with van der Waals surface area (Å²) in [6.45, 7) is 1.62. The van der Waals surface area contributed by atoms with E-state index < -0.39 is 0 Å². The summed E-state index contributed by atoms with van der Waals surface area (Å²) in [6, 6.07) is 7.90. The molecule has 0 aliphatic carbocycles. The molecule has 1 aromatic heterocycles. The average Bonchev–Trinajstić information content (AvgIpc) is 2.83. The zero-order valence-electron chi connectivity index (χ0n) is 9.30. The molecular weight excluding hydrogens is 256 g/mol. The van der Waals surface area contributed by atoms with E-state index in [1.54, 1.807) is 11.3 Å². The first-order chi connectivity index (χ1) is 7.90. The Labute approximate surface area is 111 Å². The van der Waals surface area contributed by atoms with Crippen LogP contribution < -0.4 is 5.32 Å². The van der Waals surface area contributed by atoms with Crippen molar-refractivity contribution < 1.29 is 5.11 Å². The van der Waals surface area contributed by atoms with Gasteiger partial charge >= 0.3 is 0 Å². The van der Waals surface area contributed by atoms with E-state index in [2.05, 4.69) is 10.3 Å². The van der Waals surface area contributed by atoms with Crippen LogP contribution >= 0.6 is 23.7 Å². The van der Waals surface area contributed by atoms with Gasteiger partial charge in [-0.1, -0.05) is 24.3 Å². The standard InChI is InChI=1S/C12H14N2OS.ClH/c15-7-11-4-2-1-3-10(11)5-13-6-12-8-16-9-14-12;/h1-4,8-9,13,15H,5-7H2;1H. The molecule has 0 atom stereocenters. The van der Waals surface area contributed by atoms with Gasteiger partial charge in [-0.15, -0.1) is 23.7 Å². The molecule has 2 rings (SSSR count). The molecule has 5 heteroatoms. The van der Waals surface area contributed by atoms with Crippen molar-refractivity contribution in [2.24, 2.45) is 0 Å². The van der Waals surface area contributed by atoms with E-state index in [0.717, 1.165) is 29.9 Å². The van der Waals surface area contributed by atoms with Crippen molar-refractivity contribution in [2.45, 2.75) is 19.7 Å². The van der Waals surface area contributed by atoms with Crippen LogP contribution in [0.3, 0.4) is 0 Å². The van der Waals surface area contributed by atoms with Crippen LogP contribution in [0.5, 0.6) is 0 Å². The highest BCUT2D eigenvalue weighted by molar-refractivity contribution is 7.07. The Bertz CT molecular complexity index is 434. The molecule has 0 aliphatic rings. The SMILES string of the molecule is Cl.OCc1ccccc1CNCc1cscn1. The van der Waals surface area contributed by atoms with Crippen molar-refractivity contribution in [3.05, 3.63) is 52.0 Å². The van der Waals surface area contributed by atoms with E-state index in [4.69, 9.17) is 5.11 Å².